The fourth-order valence-electron chi connectivity index (χ4n) is 1.29. The molecule has 0 aromatic heterocycles. The van der Waals surface area contributed by atoms with Crippen LogP contribution in [0.3, 0.4) is 0 Å². The Balaban J connectivity index is 2.51. The third kappa shape index (κ3) is 4.72. The Morgan fingerprint density at radius 2 is 2.18 bits per heavy atom. The largest absolute Gasteiger partial charge is 0.399 e. The Labute approximate surface area is 102 Å². The van der Waals surface area contributed by atoms with Gasteiger partial charge in [0.1, 0.15) is 0 Å². The summed E-state index contributed by atoms with van der Waals surface area (Å²) in [6.07, 6.45) is 0.648. The van der Waals surface area contributed by atoms with Gasteiger partial charge in [-0.05, 0) is 31.5 Å². The van der Waals surface area contributed by atoms with Gasteiger partial charge in [-0.25, -0.2) is 13.1 Å². The Bertz CT molecular complexity index is 446. The fraction of sp³-hybridized carbons (Fsp3) is 0.455. The van der Waals surface area contributed by atoms with E-state index in [0.717, 1.165) is 0 Å². The summed E-state index contributed by atoms with van der Waals surface area (Å²) in [5.41, 5.74) is 5.97. The van der Waals surface area contributed by atoms with E-state index in [9.17, 15) is 8.42 Å². The highest BCUT2D eigenvalue weighted by molar-refractivity contribution is 7.89. The molecule has 1 rings (SSSR count). The number of nitrogens with two attached hydrogens (primary N) is 1. The Morgan fingerprint density at radius 1 is 1.41 bits per heavy atom. The highest BCUT2D eigenvalue weighted by atomic mass is 32.2. The van der Waals surface area contributed by atoms with Crippen LogP contribution >= 0.6 is 0 Å². The van der Waals surface area contributed by atoms with Crippen molar-refractivity contribution in [1.29, 1.82) is 0 Å². The molecule has 0 saturated carbocycles. The highest BCUT2D eigenvalue weighted by Crippen LogP contribution is 2.12. The summed E-state index contributed by atoms with van der Waals surface area (Å²) in [6.45, 7) is 3.45. The second kappa shape index (κ2) is 6.58. The van der Waals surface area contributed by atoms with Gasteiger partial charge in [0.25, 0.3) is 0 Å². The van der Waals surface area contributed by atoms with Gasteiger partial charge in [0.2, 0.25) is 10.0 Å². The first-order chi connectivity index (χ1) is 8.06. The molecule has 0 aliphatic heterocycles. The summed E-state index contributed by atoms with van der Waals surface area (Å²) >= 11 is 0. The molecule has 0 bridgehead atoms. The van der Waals surface area contributed by atoms with Crippen LogP contribution < -0.4 is 10.5 Å². The van der Waals surface area contributed by atoms with Gasteiger partial charge in [-0.3, -0.25) is 0 Å². The quantitative estimate of drug-likeness (QED) is 0.564. The van der Waals surface area contributed by atoms with Gasteiger partial charge in [0, 0.05) is 25.4 Å². The third-order valence-corrected chi connectivity index (χ3v) is 3.59. The number of nitrogens with one attached hydrogen (secondary N) is 1. The second-order valence-corrected chi connectivity index (χ2v) is 5.29. The Kier molecular flexibility index (Phi) is 5.40. The number of ether oxygens (including phenoxy) is 1. The zero-order valence-corrected chi connectivity index (χ0v) is 10.7. The van der Waals surface area contributed by atoms with Gasteiger partial charge in [0.05, 0.1) is 4.90 Å². The average molecular weight is 258 g/mol. The van der Waals surface area contributed by atoms with E-state index in [-0.39, 0.29) is 4.90 Å². The van der Waals surface area contributed by atoms with Gasteiger partial charge in [-0.1, -0.05) is 6.07 Å². The molecule has 0 atom stereocenters. The van der Waals surface area contributed by atoms with E-state index < -0.39 is 10.0 Å². The van der Waals surface area contributed by atoms with Crippen molar-refractivity contribution in [3.05, 3.63) is 24.3 Å². The van der Waals surface area contributed by atoms with E-state index in [1.807, 2.05) is 6.92 Å². The van der Waals surface area contributed by atoms with E-state index in [4.69, 9.17) is 10.5 Å². The number of hydrogen-bond donors (Lipinski definition) is 2. The smallest absolute Gasteiger partial charge is 0.240 e. The molecule has 0 aliphatic carbocycles. The minimum atomic E-state index is -3.46. The van der Waals surface area contributed by atoms with Crippen LogP contribution in [0.4, 0.5) is 5.69 Å². The van der Waals surface area contributed by atoms with Crippen LogP contribution in [0.5, 0.6) is 0 Å². The SMILES string of the molecule is CCOCCCNS(=O)(=O)c1cccc(N)c1. The van der Waals surface area contributed by atoms with Crippen LogP contribution in [-0.2, 0) is 14.8 Å². The van der Waals surface area contributed by atoms with Crippen molar-refractivity contribution >= 4 is 15.7 Å². The number of hydrogen-bond acceptors (Lipinski definition) is 4. The lowest BCUT2D eigenvalue weighted by atomic mass is 10.3. The summed E-state index contributed by atoms with van der Waals surface area (Å²) in [5.74, 6) is 0. The first-order valence-electron chi connectivity index (χ1n) is 5.49. The molecule has 6 heteroatoms. The zero-order chi connectivity index (χ0) is 12.7. The van der Waals surface area contributed by atoms with Crippen LogP contribution in [0.25, 0.3) is 0 Å². The van der Waals surface area contributed by atoms with Crippen molar-refractivity contribution in [2.24, 2.45) is 0 Å². The predicted octanol–water partition coefficient (Wildman–Crippen LogP) is 0.974. The number of sulfonamides is 1. The monoisotopic (exact) mass is 258 g/mol. The predicted molar refractivity (Wildman–Crippen MR) is 67.2 cm³/mol. The fourth-order valence-corrected chi connectivity index (χ4v) is 2.42. The first kappa shape index (κ1) is 14.0. The molecule has 96 valence electrons. The topological polar surface area (TPSA) is 81.4 Å². The summed E-state index contributed by atoms with van der Waals surface area (Å²) < 4.78 is 31.2. The minimum Gasteiger partial charge on any atom is -0.399 e. The molecule has 0 amide bonds. The summed E-state index contributed by atoms with van der Waals surface area (Å²) in [6, 6.07) is 6.21. The molecule has 5 nitrogen and oxygen atoms in total. The molecule has 0 unspecified atom stereocenters. The van der Waals surface area contributed by atoms with E-state index in [0.29, 0.717) is 31.9 Å². The normalized spacial score (nSPS) is 11.6. The summed E-state index contributed by atoms with van der Waals surface area (Å²) in [7, 11) is -3.46. The van der Waals surface area contributed by atoms with Crippen molar-refractivity contribution in [2.45, 2.75) is 18.2 Å². The van der Waals surface area contributed by atoms with Crippen molar-refractivity contribution in [3.8, 4) is 0 Å². The lowest BCUT2D eigenvalue weighted by Crippen LogP contribution is -2.25. The molecular weight excluding hydrogens is 240 g/mol. The summed E-state index contributed by atoms with van der Waals surface area (Å²) in [4.78, 5) is 0.189. The Hall–Kier alpha value is -1.11. The van der Waals surface area contributed by atoms with Crippen molar-refractivity contribution in [3.63, 3.8) is 0 Å². The van der Waals surface area contributed by atoms with E-state index in [2.05, 4.69) is 4.72 Å². The maximum Gasteiger partial charge on any atom is 0.240 e. The van der Waals surface area contributed by atoms with Gasteiger partial charge >= 0.3 is 0 Å². The van der Waals surface area contributed by atoms with Crippen LogP contribution in [0.2, 0.25) is 0 Å². The number of nitrogen functional groups attached to an aromatic ring is 1. The molecular formula is C11H18N2O3S. The zero-order valence-electron chi connectivity index (χ0n) is 9.85. The highest BCUT2D eigenvalue weighted by Gasteiger charge is 2.12. The van der Waals surface area contributed by atoms with Crippen molar-refractivity contribution < 1.29 is 13.2 Å². The molecule has 0 fully saturated rings. The molecule has 0 spiro atoms. The van der Waals surface area contributed by atoms with Crippen LogP contribution in [-0.4, -0.2) is 28.2 Å². The Morgan fingerprint density at radius 3 is 2.82 bits per heavy atom. The molecule has 0 aliphatic rings. The molecule has 1 aromatic rings. The average Bonchev–Trinajstić information content (AvgIpc) is 2.29. The van der Waals surface area contributed by atoms with Crippen LogP contribution in [0.15, 0.2) is 29.2 Å². The van der Waals surface area contributed by atoms with E-state index >= 15 is 0 Å². The first-order valence-corrected chi connectivity index (χ1v) is 6.97. The number of rotatable bonds is 7. The van der Waals surface area contributed by atoms with Gasteiger partial charge in [-0.2, -0.15) is 0 Å². The van der Waals surface area contributed by atoms with Gasteiger partial charge in [-0.15, -0.1) is 0 Å². The number of benzene rings is 1. The van der Waals surface area contributed by atoms with Gasteiger partial charge in [0.15, 0.2) is 0 Å². The van der Waals surface area contributed by atoms with Crippen LogP contribution in [0.1, 0.15) is 13.3 Å². The molecule has 0 radical (unpaired) electrons. The molecule has 0 saturated heterocycles. The van der Waals surface area contributed by atoms with Gasteiger partial charge < -0.3 is 10.5 Å². The standard InChI is InChI=1S/C11H18N2O3S/c1-2-16-8-4-7-13-17(14,15)11-6-3-5-10(12)9-11/h3,5-6,9,13H,2,4,7-8,12H2,1H3. The molecule has 17 heavy (non-hydrogen) atoms. The number of anilines is 1. The lowest BCUT2D eigenvalue weighted by molar-refractivity contribution is 0.146. The molecule has 1 aromatic carbocycles. The van der Waals surface area contributed by atoms with Crippen LogP contribution in [0, 0.1) is 0 Å². The molecule has 0 heterocycles. The maximum absolute atomic E-state index is 11.8. The lowest BCUT2D eigenvalue weighted by Gasteiger charge is -2.07. The van der Waals surface area contributed by atoms with E-state index in [1.165, 1.54) is 12.1 Å². The van der Waals surface area contributed by atoms with Crippen molar-refractivity contribution in [2.75, 3.05) is 25.5 Å². The maximum atomic E-state index is 11.8. The second-order valence-electron chi connectivity index (χ2n) is 3.52. The minimum absolute atomic E-state index is 0.189. The molecule has 3 N–H and O–H groups in total. The van der Waals surface area contributed by atoms with Crippen molar-refractivity contribution in [1.82, 2.24) is 4.72 Å². The van der Waals surface area contributed by atoms with E-state index in [1.54, 1.807) is 12.1 Å². The third-order valence-electron chi connectivity index (χ3n) is 2.13. The summed E-state index contributed by atoms with van der Waals surface area (Å²) in [5, 5.41) is 0.